The Bertz CT molecular complexity index is 400. The molecule has 0 saturated heterocycles. The van der Waals surface area contributed by atoms with E-state index < -0.39 is 10.0 Å². The zero-order valence-corrected chi connectivity index (χ0v) is 12.2. The molecule has 0 radical (unpaired) electrons. The van der Waals surface area contributed by atoms with Gasteiger partial charge in [-0.05, 0) is 36.8 Å². The second kappa shape index (κ2) is 6.05. The predicted octanol–water partition coefficient (Wildman–Crippen LogP) is 2.51. The Balaban J connectivity index is 2.77. The largest absolute Gasteiger partial charge is 0.252 e. The lowest BCUT2D eigenvalue weighted by Crippen LogP contribution is -2.35. The van der Waals surface area contributed by atoms with E-state index >= 15 is 0 Å². The summed E-state index contributed by atoms with van der Waals surface area (Å²) in [6.07, 6.45) is 2.91. The second-order valence-corrected chi connectivity index (χ2v) is 7.74. The van der Waals surface area contributed by atoms with Crippen LogP contribution in [0.15, 0.2) is 21.7 Å². The highest BCUT2D eigenvalue weighted by Gasteiger charge is 2.25. The lowest BCUT2D eigenvalue weighted by Gasteiger charge is -2.23. The maximum Gasteiger partial charge on any atom is 0.252 e. The van der Waals surface area contributed by atoms with Crippen molar-refractivity contribution in [1.82, 2.24) is 4.31 Å². The molecule has 1 rings (SSSR count). The van der Waals surface area contributed by atoms with Crippen LogP contribution >= 0.6 is 23.1 Å². The minimum Gasteiger partial charge on any atom is -0.206 e. The SMILES string of the molecule is CSCCC(C)N(C)S(=O)(=O)c1cccs1. The summed E-state index contributed by atoms with van der Waals surface area (Å²) in [6, 6.07) is 3.45. The predicted molar refractivity (Wildman–Crippen MR) is 71.7 cm³/mol. The van der Waals surface area contributed by atoms with Crippen molar-refractivity contribution in [2.24, 2.45) is 0 Å². The van der Waals surface area contributed by atoms with E-state index in [1.165, 1.54) is 15.6 Å². The molecule has 6 heteroatoms. The van der Waals surface area contributed by atoms with Crippen LogP contribution in [0.3, 0.4) is 0 Å². The van der Waals surface area contributed by atoms with E-state index in [-0.39, 0.29) is 6.04 Å². The van der Waals surface area contributed by atoms with Crippen molar-refractivity contribution in [2.75, 3.05) is 19.1 Å². The molecule has 92 valence electrons. The summed E-state index contributed by atoms with van der Waals surface area (Å²) in [5.74, 6) is 0.978. The van der Waals surface area contributed by atoms with Crippen LogP contribution in [-0.4, -0.2) is 37.8 Å². The van der Waals surface area contributed by atoms with E-state index in [9.17, 15) is 8.42 Å². The molecule has 1 heterocycles. The summed E-state index contributed by atoms with van der Waals surface area (Å²) in [5.41, 5.74) is 0. The highest BCUT2D eigenvalue weighted by Crippen LogP contribution is 2.22. The van der Waals surface area contributed by atoms with E-state index in [4.69, 9.17) is 0 Å². The smallest absolute Gasteiger partial charge is 0.206 e. The van der Waals surface area contributed by atoms with Gasteiger partial charge < -0.3 is 0 Å². The summed E-state index contributed by atoms with van der Waals surface area (Å²) in [5, 5.41) is 1.79. The summed E-state index contributed by atoms with van der Waals surface area (Å²) in [4.78, 5) is 0. The van der Waals surface area contributed by atoms with E-state index in [1.54, 1.807) is 36.3 Å². The van der Waals surface area contributed by atoms with Crippen LogP contribution in [0, 0.1) is 0 Å². The average molecular weight is 279 g/mol. The van der Waals surface area contributed by atoms with E-state index in [2.05, 4.69) is 0 Å². The molecular formula is C10H17NO2S3. The Morgan fingerprint density at radius 1 is 1.56 bits per heavy atom. The lowest BCUT2D eigenvalue weighted by atomic mass is 10.3. The fourth-order valence-electron chi connectivity index (χ4n) is 1.26. The Morgan fingerprint density at radius 2 is 2.25 bits per heavy atom. The highest BCUT2D eigenvalue weighted by atomic mass is 32.2. The molecule has 0 fully saturated rings. The van der Waals surface area contributed by atoms with Crippen molar-refractivity contribution < 1.29 is 8.42 Å². The third-order valence-electron chi connectivity index (χ3n) is 2.49. The maximum absolute atomic E-state index is 12.1. The number of sulfonamides is 1. The van der Waals surface area contributed by atoms with Crippen molar-refractivity contribution in [2.45, 2.75) is 23.6 Å². The Kier molecular flexibility index (Phi) is 5.30. The molecule has 16 heavy (non-hydrogen) atoms. The van der Waals surface area contributed by atoms with E-state index in [1.807, 2.05) is 13.2 Å². The minimum atomic E-state index is -3.28. The van der Waals surface area contributed by atoms with Gasteiger partial charge in [0.25, 0.3) is 10.0 Å². The first-order chi connectivity index (χ1) is 7.50. The average Bonchev–Trinajstić information content (AvgIpc) is 2.78. The third kappa shape index (κ3) is 3.23. The molecule has 3 nitrogen and oxygen atoms in total. The first kappa shape index (κ1) is 14.0. The first-order valence-corrected chi connectivity index (χ1v) is 8.72. The van der Waals surface area contributed by atoms with Crippen LogP contribution < -0.4 is 0 Å². The number of rotatable bonds is 6. The van der Waals surface area contributed by atoms with E-state index in [0.29, 0.717) is 4.21 Å². The zero-order valence-electron chi connectivity index (χ0n) is 9.71. The molecule has 1 unspecified atom stereocenters. The van der Waals surface area contributed by atoms with Crippen molar-refractivity contribution >= 4 is 33.1 Å². The molecule has 0 aromatic carbocycles. The summed E-state index contributed by atoms with van der Waals surface area (Å²) in [7, 11) is -1.63. The molecule has 0 N–H and O–H groups in total. The van der Waals surface area contributed by atoms with Crippen molar-refractivity contribution in [3.63, 3.8) is 0 Å². The Morgan fingerprint density at radius 3 is 2.75 bits per heavy atom. The van der Waals surface area contributed by atoms with Crippen LogP contribution in [-0.2, 0) is 10.0 Å². The third-order valence-corrected chi connectivity index (χ3v) is 6.48. The standard InChI is InChI=1S/C10H17NO2S3/c1-9(6-8-14-3)11(2)16(12,13)10-5-4-7-15-10/h4-5,7,9H,6,8H2,1-3H3. The monoisotopic (exact) mass is 279 g/mol. The van der Waals surface area contributed by atoms with Gasteiger partial charge in [-0.15, -0.1) is 11.3 Å². The maximum atomic E-state index is 12.1. The number of hydrogen-bond donors (Lipinski definition) is 0. The molecule has 0 aliphatic rings. The van der Waals surface area contributed by atoms with Gasteiger partial charge in [-0.3, -0.25) is 0 Å². The number of thioether (sulfide) groups is 1. The van der Waals surface area contributed by atoms with Crippen LogP contribution in [0.5, 0.6) is 0 Å². The molecule has 0 spiro atoms. The van der Waals surface area contributed by atoms with Gasteiger partial charge in [0, 0.05) is 13.1 Å². The molecule has 0 bridgehead atoms. The van der Waals surface area contributed by atoms with Crippen LogP contribution in [0.25, 0.3) is 0 Å². The molecule has 1 atom stereocenters. The molecule has 1 aromatic rings. The number of hydrogen-bond acceptors (Lipinski definition) is 4. The Hall–Kier alpha value is -0.0400. The molecule has 1 aromatic heterocycles. The van der Waals surface area contributed by atoms with Crippen LogP contribution in [0.2, 0.25) is 0 Å². The van der Waals surface area contributed by atoms with Gasteiger partial charge in [0.1, 0.15) is 4.21 Å². The van der Waals surface area contributed by atoms with Crippen molar-refractivity contribution in [1.29, 1.82) is 0 Å². The minimum absolute atomic E-state index is 0.0412. The molecular weight excluding hydrogens is 262 g/mol. The van der Waals surface area contributed by atoms with Gasteiger partial charge in [0.15, 0.2) is 0 Å². The highest BCUT2D eigenvalue weighted by molar-refractivity contribution is 7.98. The molecule has 0 amide bonds. The van der Waals surface area contributed by atoms with Crippen molar-refractivity contribution in [3.8, 4) is 0 Å². The summed E-state index contributed by atoms with van der Waals surface area (Å²) in [6.45, 7) is 1.95. The molecule has 0 aliphatic carbocycles. The van der Waals surface area contributed by atoms with Gasteiger partial charge in [-0.2, -0.15) is 16.1 Å². The van der Waals surface area contributed by atoms with Gasteiger partial charge in [-0.1, -0.05) is 6.07 Å². The second-order valence-electron chi connectivity index (χ2n) is 3.58. The topological polar surface area (TPSA) is 37.4 Å². The van der Waals surface area contributed by atoms with Crippen molar-refractivity contribution in [3.05, 3.63) is 17.5 Å². The normalized spacial score (nSPS) is 14.2. The van der Waals surface area contributed by atoms with Crippen LogP contribution in [0.4, 0.5) is 0 Å². The van der Waals surface area contributed by atoms with Gasteiger partial charge in [0.05, 0.1) is 0 Å². The quantitative estimate of drug-likeness (QED) is 0.803. The zero-order chi connectivity index (χ0) is 12.2. The lowest BCUT2D eigenvalue weighted by molar-refractivity contribution is 0.383. The van der Waals surface area contributed by atoms with Gasteiger partial charge in [0.2, 0.25) is 0 Å². The fraction of sp³-hybridized carbons (Fsp3) is 0.600. The molecule has 0 aliphatic heterocycles. The summed E-state index contributed by atoms with van der Waals surface area (Å²) >= 11 is 3.00. The fourth-order valence-corrected chi connectivity index (χ4v) is 4.40. The number of thiophene rings is 1. The number of nitrogens with zero attached hydrogens (tertiary/aromatic N) is 1. The first-order valence-electron chi connectivity index (χ1n) is 5.00. The van der Waals surface area contributed by atoms with Crippen LogP contribution in [0.1, 0.15) is 13.3 Å². The van der Waals surface area contributed by atoms with Gasteiger partial charge in [-0.25, -0.2) is 8.42 Å². The Labute approximate surface area is 106 Å². The summed E-state index contributed by atoms with van der Waals surface area (Å²) < 4.78 is 26.1. The van der Waals surface area contributed by atoms with Gasteiger partial charge >= 0.3 is 0 Å². The molecule has 0 saturated carbocycles. The van der Waals surface area contributed by atoms with E-state index in [0.717, 1.165) is 12.2 Å².